The zero-order valence-corrected chi connectivity index (χ0v) is 12.7. The average molecular weight is 312 g/mol. The number of benzene rings is 1. The second-order valence-electron chi connectivity index (χ2n) is 4.85. The number of hydrogen-bond donors (Lipinski definition) is 0. The minimum absolute atomic E-state index is 0.253. The number of anilines is 1. The Morgan fingerprint density at radius 2 is 2.10 bits per heavy atom. The van der Waals surface area contributed by atoms with E-state index in [0.717, 1.165) is 5.56 Å². The van der Waals surface area contributed by atoms with E-state index in [4.69, 9.17) is 11.6 Å². The van der Waals surface area contributed by atoms with Crippen molar-refractivity contribution in [3.8, 4) is 0 Å². The molecular weight excluding hydrogens is 298 g/mol. The maximum atomic E-state index is 12.8. The van der Waals surface area contributed by atoms with Crippen molar-refractivity contribution in [1.29, 1.82) is 0 Å². The number of aromatic nitrogens is 2. The first kappa shape index (κ1) is 13.5. The highest BCUT2D eigenvalue weighted by Crippen LogP contribution is 2.34. The SMILES string of the molecule is Cc1nn(C)cc1S(=O)(=O)N1CCc2cc(Cl)ccc21. The molecule has 1 aliphatic rings. The van der Waals surface area contributed by atoms with Gasteiger partial charge in [0.25, 0.3) is 10.0 Å². The molecule has 7 heteroatoms. The van der Waals surface area contributed by atoms with Crippen molar-refractivity contribution < 1.29 is 8.42 Å². The molecule has 0 bridgehead atoms. The van der Waals surface area contributed by atoms with E-state index in [9.17, 15) is 8.42 Å². The Labute approximate surface area is 122 Å². The first-order valence-electron chi connectivity index (χ1n) is 6.21. The van der Waals surface area contributed by atoms with Crippen LogP contribution in [0.25, 0.3) is 0 Å². The molecule has 0 fully saturated rings. The summed E-state index contributed by atoms with van der Waals surface area (Å²) in [4.78, 5) is 0.253. The van der Waals surface area contributed by atoms with E-state index < -0.39 is 10.0 Å². The lowest BCUT2D eigenvalue weighted by molar-refractivity contribution is 0.591. The summed E-state index contributed by atoms with van der Waals surface area (Å²) in [5.74, 6) is 0. The fourth-order valence-electron chi connectivity index (χ4n) is 2.54. The first-order valence-corrected chi connectivity index (χ1v) is 8.03. The maximum absolute atomic E-state index is 12.8. The zero-order chi connectivity index (χ0) is 14.5. The second kappa shape index (κ2) is 4.49. The van der Waals surface area contributed by atoms with Crippen LogP contribution in [0.4, 0.5) is 5.69 Å². The van der Waals surface area contributed by atoms with E-state index in [1.165, 1.54) is 8.99 Å². The molecule has 1 aliphatic heterocycles. The summed E-state index contributed by atoms with van der Waals surface area (Å²) in [6, 6.07) is 5.29. The molecular formula is C13H14ClN3O2S. The van der Waals surface area contributed by atoms with Crippen molar-refractivity contribution in [2.75, 3.05) is 10.8 Å². The third kappa shape index (κ3) is 1.99. The fraction of sp³-hybridized carbons (Fsp3) is 0.308. The predicted octanol–water partition coefficient (Wildman–Crippen LogP) is 2.13. The molecule has 0 radical (unpaired) electrons. The third-order valence-electron chi connectivity index (χ3n) is 3.43. The molecule has 0 aliphatic carbocycles. The van der Waals surface area contributed by atoms with Gasteiger partial charge in [0.1, 0.15) is 4.90 Å². The number of nitrogens with zero attached hydrogens (tertiary/aromatic N) is 3. The zero-order valence-electron chi connectivity index (χ0n) is 11.2. The summed E-state index contributed by atoms with van der Waals surface area (Å²) in [5, 5.41) is 4.73. The molecule has 2 heterocycles. The molecule has 106 valence electrons. The summed E-state index contributed by atoms with van der Waals surface area (Å²) >= 11 is 5.95. The topological polar surface area (TPSA) is 55.2 Å². The first-order chi connectivity index (χ1) is 9.39. The van der Waals surface area contributed by atoms with Gasteiger partial charge in [0.05, 0.1) is 11.4 Å². The van der Waals surface area contributed by atoms with Crippen LogP contribution in [0.1, 0.15) is 11.3 Å². The summed E-state index contributed by atoms with van der Waals surface area (Å²) in [5.41, 5.74) is 2.18. The van der Waals surface area contributed by atoms with E-state index >= 15 is 0 Å². The van der Waals surface area contributed by atoms with E-state index in [1.54, 1.807) is 32.3 Å². The number of fused-ring (bicyclic) bond motifs is 1. The van der Waals surface area contributed by atoms with Crippen LogP contribution in [0.3, 0.4) is 0 Å². The van der Waals surface area contributed by atoms with Crippen LogP contribution in [0.2, 0.25) is 5.02 Å². The Morgan fingerprint density at radius 3 is 2.75 bits per heavy atom. The average Bonchev–Trinajstić information content (AvgIpc) is 2.92. The van der Waals surface area contributed by atoms with Gasteiger partial charge in [-0.2, -0.15) is 5.10 Å². The summed E-state index contributed by atoms with van der Waals surface area (Å²) in [6.45, 7) is 2.14. The van der Waals surface area contributed by atoms with Gasteiger partial charge in [0, 0.05) is 24.8 Å². The number of hydrogen-bond acceptors (Lipinski definition) is 3. The summed E-state index contributed by atoms with van der Waals surface area (Å²) in [6.07, 6.45) is 2.22. The quantitative estimate of drug-likeness (QED) is 0.854. The van der Waals surface area contributed by atoms with Crippen LogP contribution < -0.4 is 4.31 Å². The molecule has 0 N–H and O–H groups in total. The molecule has 2 aromatic rings. The standard InChI is InChI=1S/C13H14ClN3O2S/c1-9-13(8-16(2)15-9)20(18,19)17-6-5-10-7-11(14)3-4-12(10)17/h3-4,7-8H,5-6H2,1-2H3. The molecule has 0 saturated heterocycles. The second-order valence-corrected chi connectivity index (χ2v) is 7.12. The van der Waals surface area contributed by atoms with Gasteiger partial charge < -0.3 is 0 Å². The van der Waals surface area contributed by atoms with Crippen molar-refractivity contribution >= 4 is 27.3 Å². The number of halogens is 1. The van der Waals surface area contributed by atoms with Gasteiger partial charge in [0.2, 0.25) is 0 Å². The Hall–Kier alpha value is -1.53. The monoisotopic (exact) mass is 311 g/mol. The highest BCUT2D eigenvalue weighted by molar-refractivity contribution is 7.92. The predicted molar refractivity (Wildman–Crippen MR) is 77.6 cm³/mol. The lowest BCUT2D eigenvalue weighted by atomic mass is 10.2. The van der Waals surface area contributed by atoms with Crippen LogP contribution in [0.5, 0.6) is 0 Å². The Morgan fingerprint density at radius 1 is 1.35 bits per heavy atom. The Kier molecular flexibility index (Phi) is 3.02. The van der Waals surface area contributed by atoms with Gasteiger partial charge in [-0.25, -0.2) is 8.42 Å². The molecule has 0 saturated carbocycles. The summed E-state index contributed by atoms with van der Waals surface area (Å²) < 4.78 is 28.5. The fourth-order valence-corrected chi connectivity index (χ4v) is 4.44. The molecule has 0 spiro atoms. The minimum atomic E-state index is -3.57. The van der Waals surface area contributed by atoms with Gasteiger partial charge in [0.15, 0.2) is 0 Å². The van der Waals surface area contributed by atoms with Crippen LogP contribution in [-0.2, 0) is 23.5 Å². The molecule has 1 aromatic carbocycles. The van der Waals surface area contributed by atoms with Gasteiger partial charge in [-0.15, -0.1) is 0 Å². The van der Waals surface area contributed by atoms with E-state index in [1.807, 2.05) is 6.07 Å². The van der Waals surface area contributed by atoms with Crippen molar-refractivity contribution in [3.63, 3.8) is 0 Å². The van der Waals surface area contributed by atoms with Crippen molar-refractivity contribution in [1.82, 2.24) is 9.78 Å². The molecule has 0 atom stereocenters. The van der Waals surface area contributed by atoms with Crippen molar-refractivity contribution in [2.24, 2.45) is 7.05 Å². The molecule has 5 nitrogen and oxygen atoms in total. The Balaban J connectivity index is 2.09. The van der Waals surface area contributed by atoms with E-state index in [-0.39, 0.29) is 4.90 Å². The van der Waals surface area contributed by atoms with Gasteiger partial charge in [-0.3, -0.25) is 8.99 Å². The number of rotatable bonds is 2. The third-order valence-corrected chi connectivity index (χ3v) is 5.58. The van der Waals surface area contributed by atoms with Gasteiger partial charge in [-0.1, -0.05) is 11.6 Å². The van der Waals surface area contributed by atoms with Crippen molar-refractivity contribution in [2.45, 2.75) is 18.2 Å². The van der Waals surface area contributed by atoms with E-state index in [2.05, 4.69) is 5.10 Å². The molecule has 1 aromatic heterocycles. The maximum Gasteiger partial charge on any atom is 0.267 e. The Bertz CT molecular complexity index is 783. The normalized spacial score (nSPS) is 14.7. The molecule has 0 amide bonds. The van der Waals surface area contributed by atoms with E-state index in [0.29, 0.717) is 29.4 Å². The van der Waals surface area contributed by atoms with Crippen LogP contribution in [0, 0.1) is 6.92 Å². The highest BCUT2D eigenvalue weighted by atomic mass is 35.5. The molecule has 3 rings (SSSR count). The van der Waals surface area contributed by atoms with Crippen LogP contribution in [-0.4, -0.2) is 24.7 Å². The molecule has 20 heavy (non-hydrogen) atoms. The smallest absolute Gasteiger partial charge is 0.267 e. The minimum Gasteiger partial charge on any atom is -0.274 e. The lowest BCUT2D eigenvalue weighted by Crippen LogP contribution is -2.29. The number of aryl methyl sites for hydroxylation is 2. The molecule has 0 unspecified atom stereocenters. The van der Waals surface area contributed by atoms with Gasteiger partial charge in [-0.05, 0) is 37.1 Å². The lowest BCUT2D eigenvalue weighted by Gasteiger charge is -2.19. The van der Waals surface area contributed by atoms with Crippen LogP contribution >= 0.6 is 11.6 Å². The summed E-state index contributed by atoms with van der Waals surface area (Å²) in [7, 11) is -1.86. The van der Waals surface area contributed by atoms with Crippen molar-refractivity contribution in [3.05, 3.63) is 40.7 Å². The van der Waals surface area contributed by atoms with Gasteiger partial charge >= 0.3 is 0 Å². The van der Waals surface area contributed by atoms with Crippen LogP contribution in [0.15, 0.2) is 29.3 Å². The highest BCUT2D eigenvalue weighted by Gasteiger charge is 2.33. The number of sulfonamides is 1. The largest absolute Gasteiger partial charge is 0.274 e.